The van der Waals surface area contributed by atoms with E-state index < -0.39 is 0 Å². The lowest BCUT2D eigenvalue weighted by molar-refractivity contribution is 0.475. The highest BCUT2D eigenvalue weighted by Gasteiger charge is 2.16. The predicted molar refractivity (Wildman–Crippen MR) is 100.0 cm³/mol. The minimum Gasteiger partial charge on any atom is -0.508 e. The Labute approximate surface area is 143 Å². The molecule has 0 aliphatic rings. The van der Waals surface area contributed by atoms with Crippen LogP contribution in [0.5, 0.6) is 11.5 Å². The van der Waals surface area contributed by atoms with Gasteiger partial charge in [-0.05, 0) is 47.2 Å². The monoisotopic (exact) mass is 326 g/mol. The Morgan fingerprint density at radius 3 is 2.16 bits per heavy atom. The van der Waals surface area contributed by atoms with Crippen LogP contribution in [0.15, 0.2) is 77.2 Å². The molecule has 5 aromatic rings. The summed E-state index contributed by atoms with van der Waals surface area (Å²) in [5, 5.41) is 24.7. The van der Waals surface area contributed by atoms with Crippen molar-refractivity contribution in [1.82, 2.24) is 0 Å². The molecule has 25 heavy (non-hydrogen) atoms. The number of hydrogen-bond donors (Lipinski definition) is 2. The largest absolute Gasteiger partial charge is 0.508 e. The van der Waals surface area contributed by atoms with Gasteiger partial charge in [0, 0.05) is 21.7 Å². The molecule has 0 bridgehead atoms. The zero-order chi connectivity index (χ0) is 17.0. The summed E-state index contributed by atoms with van der Waals surface area (Å²) in [6.45, 7) is 0. The van der Waals surface area contributed by atoms with Crippen LogP contribution in [0.25, 0.3) is 43.8 Å². The zero-order valence-corrected chi connectivity index (χ0v) is 13.2. The van der Waals surface area contributed by atoms with Gasteiger partial charge in [-0.3, -0.25) is 0 Å². The molecular weight excluding hydrogens is 312 g/mol. The van der Waals surface area contributed by atoms with E-state index >= 15 is 0 Å². The second kappa shape index (κ2) is 5.02. The Balaban J connectivity index is 1.95. The molecule has 4 aromatic carbocycles. The first kappa shape index (κ1) is 13.9. The van der Waals surface area contributed by atoms with Crippen molar-refractivity contribution in [3.05, 3.63) is 72.8 Å². The summed E-state index contributed by atoms with van der Waals surface area (Å²) in [5.41, 5.74) is 1.65. The molecule has 0 spiro atoms. The standard InChI is InChI=1S/C22H14O3/c23-14-10-8-13(9-11-14)20-12-18-15-4-1-2-5-16(15)21-17(22(18)25-20)6-3-7-19(21)24/h1-12,23-24H. The van der Waals surface area contributed by atoms with Crippen LogP contribution >= 0.6 is 0 Å². The fourth-order valence-corrected chi connectivity index (χ4v) is 3.51. The molecule has 0 unspecified atom stereocenters. The normalized spacial score (nSPS) is 11.5. The maximum atomic E-state index is 10.4. The Kier molecular flexibility index (Phi) is 2.80. The lowest BCUT2D eigenvalue weighted by Gasteiger charge is -2.07. The average Bonchev–Trinajstić information content (AvgIpc) is 3.08. The molecule has 0 aliphatic carbocycles. The van der Waals surface area contributed by atoms with Crippen molar-refractivity contribution in [3.63, 3.8) is 0 Å². The van der Waals surface area contributed by atoms with Gasteiger partial charge in [-0.2, -0.15) is 0 Å². The Morgan fingerprint density at radius 1 is 0.640 bits per heavy atom. The molecule has 0 atom stereocenters. The predicted octanol–water partition coefficient (Wildman–Crippen LogP) is 5.82. The van der Waals surface area contributed by atoms with E-state index in [9.17, 15) is 10.2 Å². The smallest absolute Gasteiger partial charge is 0.143 e. The maximum Gasteiger partial charge on any atom is 0.143 e. The van der Waals surface area contributed by atoms with Crippen LogP contribution in [0.2, 0.25) is 0 Å². The van der Waals surface area contributed by atoms with Crippen LogP contribution in [0, 0.1) is 0 Å². The summed E-state index contributed by atoms with van der Waals surface area (Å²) in [6.07, 6.45) is 0. The molecule has 0 saturated heterocycles. The van der Waals surface area contributed by atoms with E-state index in [1.54, 1.807) is 18.2 Å². The number of benzene rings is 4. The Hall–Kier alpha value is -3.46. The summed E-state index contributed by atoms with van der Waals surface area (Å²) in [6, 6.07) is 22.5. The molecule has 120 valence electrons. The number of phenolic OH excluding ortho intramolecular Hbond substituents is 2. The van der Waals surface area contributed by atoms with E-state index in [1.807, 2.05) is 54.6 Å². The molecule has 0 aliphatic heterocycles. The van der Waals surface area contributed by atoms with Gasteiger partial charge >= 0.3 is 0 Å². The summed E-state index contributed by atoms with van der Waals surface area (Å²) < 4.78 is 6.18. The fourth-order valence-electron chi connectivity index (χ4n) is 3.51. The van der Waals surface area contributed by atoms with Crippen molar-refractivity contribution in [2.75, 3.05) is 0 Å². The topological polar surface area (TPSA) is 53.6 Å². The minimum atomic E-state index is 0.223. The van der Waals surface area contributed by atoms with Crippen molar-refractivity contribution in [1.29, 1.82) is 0 Å². The van der Waals surface area contributed by atoms with Gasteiger partial charge in [-0.1, -0.05) is 36.4 Å². The van der Waals surface area contributed by atoms with Gasteiger partial charge in [0.15, 0.2) is 0 Å². The highest BCUT2D eigenvalue weighted by atomic mass is 16.3. The van der Waals surface area contributed by atoms with Gasteiger partial charge in [0.1, 0.15) is 22.8 Å². The second-order valence-electron chi connectivity index (χ2n) is 6.15. The molecule has 1 aromatic heterocycles. The molecule has 0 radical (unpaired) electrons. The van der Waals surface area contributed by atoms with E-state index in [0.717, 1.165) is 43.8 Å². The molecule has 3 nitrogen and oxygen atoms in total. The maximum absolute atomic E-state index is 10.4. The van der Waals surface area contributed by atoms with Gasteiger partial charge in [0.25, 0.3) is 0 Å². The number of furan rings is 1. The average molecular weight is 326 g/mol. The number of hydrogen-bond acceptors (Lipinski definition) is 3. The third-order valence-electron chi connectivity index (χ3n) is 4.66. The molecule has 2 N–H and O–H groups in total. The van der Waals surface area contributed by atoms with Gasteiger partial charge in [0.2, 0.25) is 0 Å². The second-order valence-corrected chi connectivity index (χ2v) is 6.15. The first-order valence-electron chi connectivity index (χ1n) is 8.08. The van der Waals surface area contributed by atoms with Crippen molar-refractivity contribution in [3.8, 4) is 22.8 Å². The van der Waals surface area contributed by atoms with Crippen LogP contribution in [-0.2, 0) is 0 Å². The van der Waals surface area contributed by atoms with Gasteiger partial charge in [-0.25, -0.2) is 0 Å². The first-order chi connectivity index (χ1) is 12.2. The van der Waals surface area contributed by atoms with E-state index in [4.69, 9.17) is 4.42 Å². The molecule has 0 saturated carbocycles. The van der Waals surface area contributed by atoms with Crippen LogP contribution in [0.4, 0.5) is 0 Å². The lowest BCUT2D eigenvalue weighted by atomic mass is 9.98. The van der Waals surface area contributed by atoms with Crippen LogP contribution < -0.4 is 0 Å². The molecule has 1 heterocycles. The Morgan fingerprint density at radius 2 is 1.36 bits per heavy atom. The molecule has 3 heteroatoms. The van der Waals surface area contributed by atoms with E-state index in [2.05, 4.69) is 0 Å². The third kappa shape index (κ3) is 1.99. The zero-order valence-electron chi connectivity index (χ0n) is 13.2. The SMILES string of the molecule is Oc1ccc(-c2cc3c4ccccc4c4c(O)cccc4c3o2)cc1. The van der Waals surface area contributed by atoms with Crippen molar-refractivity contribution in [2.24, 2.45) is 0 Å². The molecule has 5 rings (SSSR count). The molecular formula is C22H14O3. The van der Waals surface area contributed by atoms with Gasteiger partial charge in [-0.15, -0.1) is 0 Å². The number of aromatic hydroxyl groups is 2. The number of fused-ring (bicyclic) bond motifs is 6. The molecule has 0 fully saturated rings. The summed E-state index contributed by atoms with van der Waals surface area (Å²) in [4.78, 5) is 0. The van der Waals surface area contributed by atoms with Gasteiger partial charge in [0.05, 0.1) is 0 Å². The quantitative estimate of drug-likeness (QED) is 0.382. The summed E-state index contributed by atoms with van der Waals surface area (Å²) in [7, 11) is 0. The Bertz CT molecular complexity index is 1250. The summed E-state index contributed by atoms with van der Waals surface area (Å²) in [5.74, 6) is 1.20. The minimum absolute atomic E-state index is 0.223. The van der Waals surface area contributed by atoms with Crippen molar-refractivity contribution < 1.29 is 14.6 Å². The number of rotatable bonds is 1. The molecule has 0 amide bonds. The van der Waals surface area contributed by atoms with Crippen molar-refractivity contribution in [2.45, 2.75) is 0 Å². The van der Waals surface area contributed by atoms with E-state index in [0.29, 0.717) is 0 Å². The first-order valence-corrected chi connectivity index (χ1v) is 8.08. The lowest BCUT2D eigenvalue weighted by Crippen LogP contribution is -1.80. The van der Waals surface area contributed by atoms with Crippen LogP contribution in [0.3, 0.4) is 0 Å². The summed E-state index contributed by atoms with van der Waals surface area (Å²) >= 11 is 0. The van der Waals surface area contributed by atoms with Crippen molar-refractivity contribution >= 4 is 32.5 Å². The highest BCUT2D eigenvalue weighted by Crippen LogP contribution is 2.42. The fraction of sp³-hybridized carbons (Fsp3) is 0. The van der Waals surface area contributed by atoms with Crippen LogP contribution in [-0.4, -0.2) is 10.2 Å². The van der Waals surface area contributed by atoms with Gasteiger partial charge < -0.3 is 14.6 Å². The van der Waals surface area contributed by atoms with E-state index in [-0.39, 0.29) is 11.5 Å². The number of phenols is 2. The van der Waals surface area contributed by atoms with E-state index in [1.165, 1.54) is 0 Å². The third-order valence-corrected chi connectivity index (χ3v) is 4.66. The van der Waals surface area contributed by atoms with Crippen LogP contribution in [0.1, 0.15) is 0 Å². The highest BCUT2D eigenvalue weighted by molar-refractivity contribution is 6.25.